The van der Waals surface area contributed by atoms with Gasteiger partial charge in [0.2, 0.25) is 14.9 Å². The number of alkyl halides is 3. The van der Waals surface area contributed by atoms with Gasteiger partial charge in [-0.05, 0) is 30.3 Å². The molecule has 0 saturated carbocycles. The van der Waals surface area contributed by atoms with Gasteiger partial charge in [0.15, 0.2) is 0 Å². The first-order valence-corrected chi connectivity index (χ1v) is 15.3. The molecule has 2 fully saturated rings. The van der Waals surface area contributed by atoms with E-state index in [9.17, 15) is 14.4 Å². The van der Waals surface area contributed by atoms with Gasteiger partial charge in [0.05, 0.1) is 9.77 Å². The Bertz CT molecular complexity index is 1520. The van der Waals surface area contributed by atoms with E-state index in [4.69, 9.17) is 55.7 Å². The highest BCUT2D eigenvalue weighted by molar-refractivity contribution is 8.04. The molecule has 0 aliphatic carbocycles. The highest BCUT2D eigenvalue weighted by Crippen LogP contribution is 2.53. The van der Waals surface area contributed by atoms with Gasteiger partial charge in [0.1, 0.15) is 41.1 Å². The van der Waals surface area contributed by atoms with E-state index in [1.165, 1.54) is 33.1 Å². The second kappa shape index (κ2) is 11.5. The Morgan fingerprint density at radius 3 is 2.68 bits per heavy atom. The van der Waals surface area contributed by atoms with Crippen molar-refractivity contribution in [3.8, 4) is 11.3 Å². The van der Waals surface area contributed by atoms with Crippen molar-refractivity contribution < 1.29 is 23.6 Å². The number of carbonyl (C=O) groups excluding carboxylic acids is 3. The van der Waals surface area contributed by atoms with E-state index in [-0.39, 0.29) is 17.0 Å². The number of halogens is 4. The molecule has 1 N–H and O–H groups in total. The van der Waals surface area contributed by atoms with Gasteiger partial charge in [0.25, 0.3) is 5.91 Å². The van der Waals surface area contributed by atoms with E-state index < -0.39 is 50.4 Å². The average Bonchev–Trinajstić information content (AvgIpc) is 3.58. The predicted molar refractivity (Wildman–Crippen MR) is 154 cm³/mol. The zero-order chi connectivity index (χ0) is 29.7. The number of β-lactam (4-membered cyclic amide) rings is 1. The van der Waals surface area contributed by atoms with Gasteiger partial charge in [0, 0.05) is 18.4 Å². The molecule has 5 rings (SSSR count). The summed E-state index contributed by atoms with van der Waals surface area (Å²) < 4.78 is 9.38. The molecular weight excluding hydrogens is 660 g/mol. The number of aryl methyl sites for hydroxylation is 2. The number of hydrogen-bond acceptors (Lipinski definition) is 11. The molecule has 2 aliphatic heterocycles. The number of ether oxygens (including phenoxy) is 1. The molecule has 0 radical (unpaired) electrons. The molecule has 3 aromatic rings. The number of rotatable bonds is 8. The normalized spacial score (nSPS) is 23.7. The topological polar surface area (TPSA) is 145 Å². The molecular formula is C23H21Cl4N7O5S2. The fraction of sp³-hybridized carbons (Fsp3) is 0.435. The first kappa shape index (κ1) is 30.2. The minimum atomic E-state index is -1.83. The van der Waals surface area contributed by atoms with Crippen LogP contribution in [0.15, 0.2) is 33.9 Å². The Labute approximate surface area is 262 Å². The Kier molecular flexibility index (Phi) is 8.45. The molecule has 2 aliphatic rings. The van der Waals surface area contributed by atoms with Crippen molar-refractivity contribution >= 4 is 87.7 Å². The van der Waals surface area contributed by atoms with Crippen LogP contribution in [0.3, 0.4) is 0 Å². The maximum Gasteiger partial charge on any atom is 0.330 e. The number of carbonyl (C=O) groups is 3. The zero-order valence-corrected chi connectivity index (χ0v) is 26.2. The van der Waals surface area contributed by atoms with Crippen molar-refractivity contribution in [2.24, 2.45) is 7.05 Å². The summed E-state index contributed by atoms with van der Waals surface area (Å²) in [5, 5.41) is 18.6. The van der Waals surface area contributed by atoms with E-state index in [1.807, 2.05) is 6.92 Å². The standard InChI is InChI=1S/C23H21Cl4N7O5S2/c1-10-13(14(30-39-10)11-6-4-5-7-12(11)24)17(35)28-15-18(36)34-16(20(37)38-8-23(25,26)27)22(2,41-19(15)34)9-40-21-29-31-32-33(21)3/h4-7,15-16,19H,8-9H2,1-3H3,(H,28,35). The molecule has 4 heterocycles. The number of thioether (sulfide) groups is 2. The quantitative estimate of drug-likeness (QED) is 0.161. The van der Waals surface area contributed by atoms with E-state index >= 15 is 0 Å². The van der Waals surface area contributed by atoms with Crippen LogP contribution in [0, 0.1) is 6.92 Å². The highest BCUT2D eigenvalue weighted by Gasteiger charge is 2.66. The fourth-order valence-electron chi connectivity index (χ4n) is 4.60. The molecule has 0 bridgehead atoms. The van der Waals surface area contributed by atoms with Gasteiger partial charge < -0.3 is 19.5 Å². The number of tetrazole rings is 1. The van der Waals surface area contributed by atoms with Crippen LogP contribution in [0.2, 0.25) is 5.02 Å². The number of fused-ring (bicyclic) bond motifs is 1. The van der Waals surface area contributed by atoms with Gasteiger partial charge in [-0.15, -0.1) is 16.9 Å². The van der Waals surface area contributed by atoms with Crippen LogP contribution in [-0.4, -0.2) is 86.4 Å². The number of nitrogens with zero attached hydrogens (tertiary/aromatic N) is 6. The summed E-state index contributed by atoms with van der Waals surface area (Å²) in [5.41, 5.74) is 0.909. The lowest BCUT2D eigenvalue weighted by Crippen LogP contribution is -2.71. The van der Waals surface area contributed by atoms with E-state index in [0.29, 0.717) is 21.5 Å². The number of benzene rings is 1. The Morgan fingerprint density at radius 1 is 1.29 bits per heavy atom. The monoisotopic (exact) mass is 679 g/mol. The largest absolute Gasteiger partial charge is 0.460 e. The number of hydrogen-bond donors (Lipinski definition) is 1. The van der Waals surface area contributed by atoms with Gasteiger partial charge in [-0.3, -0.25) is 9.59 Å². The van der Waals surface area contributed by atoms with E-state index in [0.717, 1.165) is 0 Å². The number of nitrogens with one attached hydrogen (secondary N) is 1. The van der Waals surface area contributed by atoms with Gasteiger partial charge in [-0.2, -0.15) is 0 Å². The summed E-state index contributed by atoms with van der Waals surface area (Å²) in [6.07, 6.45) is 0. The van der Waals surface area contributed by atoms with Crippen LogP contribution >= 0.6 is 69.9 Å². The maximum atomic E-state index is 13.5. The molecule has 1 aromatic carbocycles. The van der Waals surface area contributed by atoms with Crippen LogP contribution in [0.4, 0.5) is 0 Å². The Balaban J connectivity index is 1.38. The van der Waals surface area contributed by atoms with Gasteiger partial charge in [-0.25, -0.2) is 9.48 Å². The second-order valence-corrected chi connectivity index (χ2v) is 15.0. The number of aromatic nitrogens is 5. The van der Waals surface area contributed by atoms with Crippen LogP contribution in [-0.2, 0) is 21.4 Å². The molecule has 2 aromatic heterocycles. The summed E-state index contributed by atoms with van der Waals surface area (Å²) in [6.45, 7) is 2.91. The van der Waals surface area contributed by atoms with Gasteiger partial charge in [-0.1, -0.05) is 81.5 Å². The minimum Gasteiger partial charge on any atom is -0.460 e. The molecule has 2 saturated heterocycles. The summed E-state index contributed by atoms with van der Waals surface area (Å²) in [4.78, 5) is 41.6. The van der Waals surface area contributed by atoms with Crippen molar-refractivity contribution in [3.05, 3.63) is 40.6 Å². The van der Waals surface area contributed by atoms with Crippen LogP contribution in [0.25, 0.3) is 11.3 Å². The van der Waals surface area contributed by atoms with Gasteiger partial charge >= 0.3 is 5.97 Å². The van der Waals surface area contributed by atoms with E-state index in [2.05, 4.69) is 26.0 Å². The van der Waals surface area contributed by atoms with Crippen molar-refractivity contribution in [1.82, 2.24) is 35.6 Å². The molecule has 0 spiro atoms. The summed E-state index contributed by atoms with van der Waals surface area (Å²) in [6, 6.07) is 4.92. The number of amides is 2. The first-order chi connectivity index (χ1) is 19.3. The van der Waals surface area contributed by atoms with E-state index in [1.54, 1.807) is 38.2 Å². The summed E-state index contributed by atoms with van der Waals surface area (Å²) in [5.74, 6) is -1.19. The Hall–Kier alpha value is -2.23. The van der Waals surface area contributed by atoms with Crippen LogP contribution in [0.1, 0.15) is 23.0 Å². The molecule has 41 heavy (non-hydrogen) atoms. The lowest BCUT2D eigenvalue weighted by molar-refractivity contribution is -0.163. The van der Waals surface area contributed by atoms with Crippen molar-refractivity contribution in [1.29, 1.82) is 0 Å². The zero-order valence-electron chi connectivity index (χ0n) is 21.5. The lowest BCUT2D eigenvalue weighted by Gasteiger charge is -2.44. The molecule has 2 amide bonds. The number of esters is 1. The Morgan fingerprint density at radius 2 is 2.02 bits per heavy atom. The third kappa shape index (κ3) is 5.87. The average molecular weight is 681 g/mol. The summed E-state index contributed by atoms with van der Waals surface area (Å²) >= 11 is 26.4. The predicted octanol–water partition coefficient (Wildman–Crippen LogP) is 3.67. The summed E-state index contributed by atoms with van der Waals surface area (Å²) in [7, 11) is 1.69. The highest BCUT2D eigenvalue weighted by atomic mass is 35.6. The maximum absolute atomic E-state index is 13.5. The molecule has 12 nitrogen and oxygen atoms in total. The fourth-order valence-corrected chi connectivity index (χ4v) is 7.88. The molecule has 218 valence electrons. The van der Waals surface area contributed by atoms with Crippen LogP contribution in [0.5, 0.6) is 0 Å². The minimum absolute atomic E-state index is 0.152. The van der Waals surface area contributed by atoms with Crippen molar-refractivity contribution in [2.75, 3.05) is 12.4 Å². The molecule has 4 unspecified atom stereocenters. The SMILES string of the molecule is Cc1onc(-c2ccccc2Cl)c1C(=O)NC1C(=O)N2C1SC(C)(CSc1nnnn1C)C2C(=O)OCC(Cl)(Cl)Cl. The molecule has 4 atom stereocenters. The van der Waals surface area contributed by atoms with Crippen molar-refractivity contribution in [3.63, 3.8) is 0 Å². The first-order valence-electron chi connectivity index (χ1n) is 11.9. The van der Waals surface area contributed by atoms with Crippen LogP contribution < -0.4 is 5.32 Å². The second-order valence-electron chi connectivity index (χ2n) is 9.46. The third-order valence-corrected chi connectivity index (χ3v) is 10.3. The third-order valence-electron chi connectivity index (χ3n) is 6.50. The smallest absolute Gasteiger partial charge is 0.330 e. The lowest BCUT2D eigenvalue weighted by atomic mass is 9.95. The van der Waals surface area contributed by atoms with Crippen molar-refractivity contribution in [2.45, 2.75) is 45.0 Å². The molecule has 18 heteroatoms.